The maximum atomic E-state index is 6.35. The molecule has 18 heavy (non-hydrogen) atoms. The quantitative estimate of drug-likeness (QED) is 0.761. The first-order valence-electron chi connectivity index (χ1n) is 7.52. The third kappa shape index (κ3) is 1.32. The lowest BCUT2D eigenvalue weighted by Gasteiger charge is -2.64. The molecule has 100 valence electrons. The molecule has 2 N–H and O–H groups in total. The highest BCUT2D eigenvalue weighted by molar-refractivity contribution is 6.47. The summed E-state index contributed by atoms with van der Waals surface area (Å²) >= 11 is 0. The second kappa shape index (κ2) is 3.33. The SMILES string of the molecule is CC1(C)[C@@H]2C[C@@H]3OB([C@@H](N)C4CC4)O[C@@]3(C)[C@H]1C2. The Hall–Kier alpha value is -0.0551. The molecule has 5 fully saturated rings. The molecule has 2 bridgehead atoms. The van der Waals surface area contributed by atoms with E-state index in [0.29, 0.717) is 17.3 Å². The van der Waals surface area contributed by atoms with E-state index in [9.17, 15) is 0 Å². The highest BCUT2D eigenvalue weighted by Gasteiger charge is 2.68. The van der Waals surface area contributed by atoms with Crippen molar-refractivity contribution in [2.24, 2.45) is 28.9 Å². The lowest BCUT2D eigenvalue weighted by Crippen LogP contribution is -2.65. The predicted molar refractivity (Wildman–Crippen MR) is 70.8 cm³/mol. The smallest absolute Gasteiger partial charge is 0.404 e. The summed E-state index contributed by atoms with van der Waals surface area (Å²) in [4.78, 5) is 0. The van der Waals surface area contributed by atoms with Crippen LogP contribution in [-0.4, -0.2) is 24.8 Å². The molecular formula is C14H24BNO2. The fourth-order valence-corrected chi connectivity index (χ4v) is 4.77. The minimum absolute atomic E-state index is 0.0879. The van der Waals surface area contributed by atoms with Gasteiger partial charge in [0.05, 0.1) is 11.7 Å². The predicted octanol–water partition coefficient (Wildman–Crippen LogP) is 1.99. The van der Waals surface area contributed by atoms with Gasteiger partial charge in [-0.15, -0.1) is 0 Å². The first-order valence-corrected chi connectivity index (χ1v) is 7.52. The van der Waals surface area contributed by atoms with Crippen molar-refractivity contribution in [2.45, 2.75) is 64.1 Å². The van der Waals surface area contributed by atoms with Gasteiger partial charge < -0.3 is 15.0 Å². The Balaban J connectivity index is 1.57. The highest BCUT2D eigenvalue weighted by Crippen LogP contribution is 2.65. The minimum Gasteiger partial charge on any atom is -0.404 e. The van der Waals surface area contributed by atoms with Gasteiger partial charge in [0, 0.05) is 5.94 Å². The van der Waals surface area contributed by atoms with Crippen molar-refractivity contribution in [1.29, 1.82) is 0 Å². The van der Waals surface area contributed by atoms with Gasteiger partial charge in [0.25, 0.3) is 0 Å². The maximum absolute atomic E-state index is 6.35. The highest BCUT2D eigenvalue weighted by atomic mass is 16.7. The van der Waals surface area contributed by atoms with Gasteiger partial charge in [-0.25, -0.2) is 0 Å². The summed E-state index contributed by atoms with van der Waals surface area (Å²) in [5.74, 6) is 2.19. The lowest BCUT2D eigenvalue weighted by atomic mass is 9.43. The van der Waals surface area contributed by atoms with E-state index >= 15 is 0 Å². The van der Waals surface area contributed by atoms with Gasteiger partial charge in [-0.2, -0.15) is 0 Å². The van der Waals surface area contributed by atoms with Gasteiger partial charge in [-0.05, 0) is 55.8 Å². The van der Waals surface area contributed by atoms with E-state index in [1.54, 1.807) is 0 Å². The molecule has 0 aromatic rings. The van der Waals surface area contributed by atoms with Crippen LogP contribution in [0, 0.1) is 23.2 Å². The van der Waals surface area contributed by atoms with Gasteiger partial charge in [-0.1, -0.05) is 13.8 Å². The average molecular weight is 249 g/mol. The molecular weight excluding hydrogens is 225 g/mol. The van der Waals surface area contributed by atoms with Crippen LogP contribution >= 0.6 is 0 Å². The van der Waals surface area contributed by atoms with Gasteiger partial charge in [0.2, 0.25) is 0 Å². The normalized spacial score (nSPS) is 50.7. The third-order valence-corrected chi connectivity index (χ3v) is 6.45. The second-order valence-electron chi connectivity index (χ2n) is 7.75. The first-order chi connectivity index (χ1) is 8.43. The van der Waals surface area contributed by atoms with Crippen LogP contribution in [0.5, 0.6) is 0 Å². The van der Waals surface area contributed by atoms with Gasteiger partial charge in [0.1, 0.15) is 0 Å². The van der Waals surface area contributed by atoms with Crippen LogP contribution in [0.15, 0.2) is 0 Å². The number of hydrogen-bond donors (Lipinski definition) is 1. The van der Waals surface area contributed by atoms with Gasteiger partial charge in [-0.3, -0.25) is 0 Å². The average Bonchev–Trinajstić information content (AvgIpc) is 3.08. The molecule has 3 nitrogen and oxygen atoms in total. The van der Waals surface area contributed by atoms with Crippen LogP contribution in [0.2, 0.25) is 0 Å². The second-order valence-corrected chi connectivity index (χ2v) is 7.75. The van der Waals surface area contributed by atoms with E-state index in [1.807, 2.05) is 0 Å². The maximum Gasteiger partial charge on any atom is 0.475 e. The molecule has 4 heteroatoms. The van der Waals surface area contributed by atoms with Crippen molar-refractivity contribution >= 4 is 7.12 Å². The van der Waals surface area contributed by atoms with E-state index in [4.69, 9.17) is 15.0 Å². The molecule has 1 saturated heterocycles. The molecule has 0 amide bonds. The zero-order valence-corrected chi connectivity index (χ0v) is 11.7. The zero-order valence-electron chi connectivity index (χ0n) is 11.7. The Labute approximate surface area is 110 Å². The van der Waals surface area contributed by atoms with Gasteiger partial charge >= 0.3 is 7.12 Å². The standard InChI is InChI=1S/C14H24BNO2/c1-13(2)9-6-10(13)14(3)11(7-9)17-15(18-14)12(16)8-4-5-8/h8-12H,4-7,16H2,1-3H3/t9-,10-,11-,12-,14-/m0/s1. The van der Waals surface area contributed by atoms with E-state index in [-0.39, 0.29) is 24.8 Å². The Bertz CT molecular complexity index is 384. The zero-order chi connectivity index (χ0) is 12.7. The first kappa shape index (κ1) is 11.7. The van der Waals surface area contributed by atoms with Crippen molar-refractivity contribution in [3.63, 3.8) is 0 Å². The van der Waals surface area contributed by atoms with Crippen molar-refractivity contribution in [1.82, 2.24) is 0 Å². The number of hydrogen-bond acceptors (Lipinski definition) is 3. The molecule has 0 unspecified atom stereocenters. The molecule has 0 aromatic carbocycles. The Morgan fingerprint density at radius 1 is 1.22 bits per heavy atom. The fraction of sp³-hybridized carbons (Fsp3) is 1.00. The van der Waals surface area contributed by atoms with Crippen molar-refractivity contribution in [3.05, 3.63) is 0 Å². The number of rotatable bonds is 2. The molecule has 5 aliphatic rings. The minimum atomic E-state index is -0.150. The van der Waals surface area contributed by atoms with E-state index < -0.39 is 0 Å². The summed E-state index contributed by atoms with van der Waals surface area (Å²) in [6.07, 6.45) is 5.26. The lowest BCUT2D eigenvalue weighted by molar-refractivity contribution is -0.199. The molecule has 1 aliphatic heterocycles. The van der Waals surface area contributed by atoms with Crippen LogP contribution in [0.4, 0.5) is 0 Å². The molecule has 4 saturated carbocycles. The van der Waals surface area contributed by atoms with E-state index in [1.165, 1.54) is 19.3 Å². The summed E-state index contributed by atoms with van der Waals surface area (Å²) in [6.45, 7) is 7.05. The van der Waals surface area contributed by atoms with Crippen LogP contribution in [0.1, 0.15) is 46.5 Å². The van der Waals surface area contributed by atoms with Crippen molar-refractivity contribution in [2.75, 3.05) is 0 Å². The van der Waals surface area contributed by atoms with E-state index in [0.717, 1.165) is 12.3 Å². The molecule has 5 atom stereocenters. The van der Waals surface area contributed by atoms with Crippen molar-refractivity contribution in [3.8, 4) is 0 Å². The molecule has 0 aromatic heterocycles. The topological polar surface area (TPSA) is 44.5 Å². The Kier molecular flexibility index (Phi) is 2.18. The molecule has 5 rings (SSSR count). The van der Waals surface area contributed by atoms with Crippen LogP contribution < -0.4 is 5.73 Å². The largest absolute Gasteiger partial charge is 0.475 e. The molecule has 4 aliphatic carbocycles. The van der Waals surface area contributed by atoms with Gasteiger partial charge in [0.15, 0.2) is 0 Å². The summed E-state index contributed by atoms with van der Waals surface area (Å²) in [6, 6.07) is 0. The monoisotopic (exact) mass is 249 g/mol. The molecule has 1 heterocycles. The van der Waals surface area contributed by atoms with E-state index in [2.05, 4.69) is 20.8 Å². The Morgan fingerprint density at radius 2 is 1.94 bits per heavy atom. The summed E-state index contributed by atoms with van der Waals surface area (Å²) in [5.41, 5.74) is 6.61. The van der Waals surface area contributed by atoms with Crippen LogP contribution in [0.25, 0.3) is 0 Å². The third-order valence-electron chi connectivity index (χ3n) is 6.45. The fourth-order valence-electron chi connectivity index (χ4n) is 4.77. The van der Waals surface area contributed by atoms with Crippen molar-refractivity contribution < 1.29 is 9.31 Å². The molecule has 0 spiro atoms. The Morgan fingerprint density at radius 3 is 2.56 bits per heavy atom. The number of nitrogens with two attached hydrogens (primary N) is 1. The summed E-state index contributed by atoms with van der Waals surface area (Å²) < 4.78 is 12.5. The molecule has 0 radical (unpaired) electrons. The summed E-state index contributed by atoms with van der Waals surface area (Å²) in [7, 11) is -0.150. The summed E-state index contributed by atoms with van der Waals surface area (Å²) in [5, 5.41) is 0. The van der Waals surface area contributed by atoms with Crippen LogP contribution in [0.3, 0.4) is 0 Å². The van der Waals surface area contributed by atoms with Crippen LogP contribution in [-0.2, 0) is 9.31 Å².